The number of sulfonamides is 1. The quantitative estimate of drug-likeness (QED) is 0.754. The zero-order valence-electron chi connectivity index (χ0n) is 14.1. The van der Waals surface area contributed by atoms with Gasteiger partial charge < -0.3 is 14.5 Å². The number of fused-ring (bicyclic) bond motifs is 1. The number of nitrogens with zero attached hydrogens (tertiary/aromatic N) is 1. The van der Waals surface area contributed by atoms with Gasteiger partial charge >= 0.3 is 5.97 Å². The molecule has 9 heteroatoms. The molecule has 0 saturated heterocycles. The monoisotopic (exact) mass is 378 g/mol. The van der Waals surface area contributed by atoms with Crippen molar-refractivity contribution in [3.63, 3.8) is 0 Å². The second-order valence-electron chi connectivity index (χ2n) is 5.86. The van der Waals surface area contributed by atoms with E-state index in [1.165, 1.54) is 16.6 Å². The van der Waals surface area contributed by atoms with E-state index in [9.17, 15) is 18.0 Å². The largest absolute Gasteiger partial charge is 0.467 e. The third-order valence-corrected chi connectivity index (χ3v) is 5.12. The van der Waals surface area contributed by atoms with Gasteiger partial charge in [0.25, 0.3) is 5.91 Å². The van der Waals surface area contributed by atoms with E-state index in [1.807, 2.05) is 0 Å². The summed E-state index contributed by atoms with van der Waals surface area (Å²) in [5, 5.41) is 2.57. The Bertz CT molecular complexity index is 921. The number of carbonyl (C=O) groups excluding carboxylic acids is 2. The van der Waals surface area contributed by atoms with Crippen molar-refractivity contribution in [1.29, 1.82) is 0 Å². The molecule has 2 heterocycles. The van der Waals surface area contributed by atoms with Gasteiger partial charge in [-0.3, -0.25) is 9.10 Å². The van der Waals surface area contributed by atoms with Gasteiger partial charge in [-0.1, -0.05) is 0 Å². The van der Waals surface area contributed by atoms with Gasteiger partial charge in [-0.25, -0.2) is 13.2 Å². The maximum Gasteiger partial charge on any atom is 0.338 e. The molecule has 0 fully saturated rings. The van der Waals surface area contributed by atoms with Crippen molar-refractivity contribution in [2.45, 2.75) is 13.0 Å². The zero-order chi connectivity index (χ0) is 18.7. The normalized spacial score (nSPS) is 13.3. The number of benzene rings is 1. The van der Waals surface area contributed by atoms with Crippen LogP contribution in [0.15, 0.2) is 41.0 Å². The third-order valence-electron chi connectivity index (χ3n) is 3.94. The smallest absolute Gasteiger partial charge is 0.338 e. The summed E-state index contributed by atoms with van der Waals surface area (Å²) in [5.41, 5.74) is 1.60. The fourth-order valence-electron chi connectivity index (χ4n) is 2.71. The first-order valence-electron chi connectivity index (χ1n) is 7.91. The molecule has 1 aliphatic heterocycles. The van der Waals surface area contributed by atoms with E-state index < -0.39 is 28.5 Å². The molecule has 1 N–H and O–H groups in total. The highest BCUT2D eigenvalue weighted by Gasteiger charge is 2.27. The van der Waals surface area contributed by atoms with E-state index in [0.717, 1.165) is 11.8 Å². The van der Waals surface area contributed by atoms with Crippen LogP contribution in [0.1, 0.15) is 21.7 Å². The number of anilines is 1. The molecule has 138 valence electrons. The van der Waals surface area contributed by atoms with E-state index in [4.69, 9.17) is 9.15 Å². The Morgan fingerprint density at radius 3 is 2.81 bits per heavy atom. The van der Waals surface area contributed by atoms with Crippen LogP contribution in [0.3, 0.4) is 0 Å². The molecule has 1 aromatic carbocycles. The molecule has 0 saturated carbocycles. The van der Waals surface area contributed by atoms with Crippen LogP contribution in [0, 0.1) is 0 Å². The number of hydrogen-bond donors (Lipinski definition) is 1. The van der Waals surface area contributed by atoms with Gasteiger partial charge in [0.05, 0.1) is 30.3 Å². The van der Waals surface area contributed by atoms with Gasteiger partial charge in [0.15, 0.2) is 6.61 Å². The molecule has 26 heavy (non-hydrogen) atoms. The highest BCUT2D eigenvalue weighted by Crippen LogP contribution is 2.30. The molecule has 1 aliphatic rings. The van der Waals surface area contributed by atoms with Gasteiger partial charge in [0, 0.05) is 6.54 Å². The van der Waals surface area contributed by atoms with Crippen LogP contribution in [0.5, 0.6) is 0 Å². The average molecular weight is 378 g/mol. The van der Waals surface area contributed by atoms with Crippen molar-refractivity contribution in [1.82, 2.24) is 5.32 Å². The molecule has 0 atom stereocenters. The van der Waals surface area contributed by atoms with Crippen molar-refractivity contribution in [3.05, 3.63) is 53.5 Å². The maximum atomic E-state index is 12.1. The molecule has 1 aromatic heterocycles. The minimum Gasteiger partial charge on any atom is -0.467 e. The average Bonchev–Trinajstić information content (AvgIpc) is 3.25. The van der Waals surface area contributed by atoms with Gasteiger partial charge in [0.2, 0.25) is 10.0 Å². The maximum absolute atomic E-state index is 12.1. The molecule has 0 radical (unpaired) electrons. The summed E-state index contributed by atoms with van der Waals surface area (Å²) in [5.74, 6) is -0.489. The summed E-state index contributed by atoms with van der Waals surface area (Å²) in [6.07, 6.45) is 3.17. The topological polar surface area (TPSA) is 106 Å². The highest BCUT2D eigenvalue weighted by atomic mass is 32.2. The van der Waals surface area contributed by atoms with E-state index in [2.05, 4.69) is 5.32 Å². The lowest BCUT2D eigenvalue weighted by Crippen LogP contribution is -2.28. The number of ether oxygens (including phenoxy) is 1. The Labute approximate surface area is 150 Å². The van der Waals surface area contributed by atoms with Crippen LogP contribution in [0.4, 0.5) is 5.69 Å². The Kier molecular flexibility index (Phi) is 4.99. The second kappa shape index (κ2) is 7.20. The lowest BCUT2D eigenvalue weighted by molar-refractivity contribution is -0.124. The van der Waals surface area contributed by atoms with E-state index in [1.54, 1.807) is 24.3 Å². The third kappa shape index (κ3) is 4.05. The predicted octanol–water partition coefficient (Wildman–Crippen LogP) is 1.07. The Morgan fingerprint density at radius 2 is 2.12 bits per heavy atom. The highest BCUT2D eigenvalue weighted by molar-refractivity contribution is 7.92. The summed E-state index contributed by atoms with van der Waals surface area (Å²) < 4.78 is 34.8. The predicted molar refractivity (Wildman–Crippen MR) is 93.2 cm³/mol. The SMILES string of the molecule is CS(=O)(=O)N1CCc2cc(C(=O)OCC(=O)NCc3ccco3)ccc21. The molecule has 1 amide bonds. The summed E-state index contributed by atoms with van der Waals surface area (Å²) in [7, 11) is -3.34. The standard InChI is InChI=1S/C17H18N2O6S/c1-26(22,23)19-7-6-12-9-13(4-5-15(12)19)17(21)25-11-16(20)18-10-14-3-2-8-24-14/h2-5,8-9H,6-7,10-11H2,1H3,(H,18,20). The van der Waals surface area contributed by atoms with Crippen LogP contribution in [-0.4, -0.2) is 39.7 Å². The lowest BCUT2D eigenvalue weighted by atomic mass is 10.1. The van der Waals surface area contributed by atoms with Crippen molar-refractivity contribution in [2.75, 3.05) is 23.7 Å². The van der Waals surface area contributed by atoms with Gasteiger partial charge in [-0.15, -0.1) is 0 Å². The van der Waals surface area contributed by atoms with Gasteiger partial charge in [-0.05, 0) is 42.3 Å². The van der Waals surface area contributed by atoms with Gasteiger partial charge in [-0.2, -0.15) is 0 Å². The lowest BCUT2D eigenvalue weighted by Gasteiger charge is -2.16. The second-order valence-corrected chi connectivity index (χ2v) is 7.77. The molecule has 3 rings (SSSR count). The van der Waals surface area contributed by atoms with Crippen molar-refractivity contribution in [2.24, 2.45) is 0 Å². The number of hydrogen-bond acceptors (Lipinski definition) is 6. The number of furan rings is 1. The number of carbonyl (C=O) groups is 2. The molecular formula is C17H18N2O6S. The minimum absolute atomic E-state index is 0.212. The number of nitrogens with one attached hydrogen (secondary N) is 1. The van der Waals surface area contributed by atoms with Crippen LogP contribution >= 0.6 is 0 Å². The van der Waals surface area contributed by atoms with Crippen LogP contribution in [-0.2, 0) is 32.5 Å². The summed E-state index contributed by atoms with van der Waals surface area (Å²) >= 11 is 0. The van der Waals surface area contributed by atoms with E-state index in [0.29, 0.717) is 24.4 Å². The summed E-state index contributed by atoms with van der Waals surface area (Å²) in [6.45, 7) is 0.150. The number of rotatable bonds is 6. The molecule has 2 aromatic rings. The molecule has 0 aliphatic carbocycles. The molecule has 8 nitrogen and oxygen atoms in total. The number of esters is 1. The molecule has 0 spiro atoms. The van der Waals surface area contributed by atoms with Crippen LogP contribution < -0.4 is 9.62 Å². The first kappa shape index (κ1) is 18.0. The molecule has 0 bridgehead atoms. The van der Waals surface area contributed by atoms with Gasteiger partial charge in [0.1, 0.15) is 5.76 Å². The fourth-order valence-corrected chi connectivity index (χ4v) is 3.67. The van der Waals surface area contributed by atoms with Crippen LogP contribution in [0.2, 0.25) is 0 Å². The zero-order valence-corrected chi connectivity index (χ0v) is 14.9. The Hall–Kier alpha value is -2.81. The van der Waals surface area contributed by atoms with Crippen molar-refractivity contribution < 1.29 is 27.2 Å². The van der Waals surface area contributed by atoms with Crippen molar-refractivity contribution in [3.8, 4) is 0 Å². The number of amides is 1. The first-order valence-corrected chi connectivity index (χ1v) is 9.76. The van der Waals surface area contributed by atoms with E-state index in [-0.39, 0.29) is 12.1 Å². The summed E-state index contributed by atoms with van der Waals surface area (Å²) in [6, 6.07) is 8.10. The Morgan fingerprint density at radius 1 is 1.31 bits per heavy atom. The first-order chi connectivity index (χ1) is 12.3. The molecular weight excluding hydrogens is 360 g/mol. The summed E-state index contributed by atoms with van der Waals surface area (Å²) in [4.78, 5) is 23.8. The minimum atomic E-state index is -3.34. The van der Waals surface area contributed by atoms with Crippen molar-refractivity contribution >= 4 is 27.6 Å². The van der Waals surface area contributed by atoms with Crippen LogP contribution in [0.25, 0.3) is 0 Å². The molecule has 0 unspecified atom stereocenters. The van der Waals surface area contributed by atoms with E-state index >= 15 is 0 Å². The fraction of sp³-hybridized carbons (Fsp3) is 0.294. The Balaban J connectivity index is 1.56.